The van der Waals surface area contributed by atoms with Crippen molar-refractivity contribution in [2.24, 2.45) is 0 Å². The van der Waals surface area contributed by atoms with E-state index >= 15 is 0 Å². The molecule has 0 aromatic carbocycles. The fraction of sp³-hybridized carbons (Fsp3) is 0.733. The predicted molar refractivity (Wildman–Crippen MR) is 89.2 cm³/mol. The van der Waals surface area contributed by atoms with Gasteiger partial charge in [-0.3, -0.25) is 4.79 Å². The van der Waals surface area contributed by atoms with Gasteiger partial charge < -0.3 is 28.4 Å². The lowest BCUT2D eigenvalue weighted by Crippen LogP contribution is -2.44. The molecule has 0 aromatic rings. The summed E-state index contributed by atoms with van der Waals surface area (Å²) in [6.45, 7) is 7.52. The van der Waals surface area contributed by atoms with Crippen molar-refractivity contribution in [3.05, 3.63) is 10.2 Å². The molecular weight excluding hydrogens is 435 g/mol. The second-order valence-electron chi connectivity index (χ2n) is 5.40. The third kappa shape index (κ3) is 5.66. The van der Waals surface area contributed by atoms with Crippen molar-refractivity contribution in [1.29, 1.82) is 0 Å². The highest BCUT2D eigenvalue weighted by Crippen LogP contribution is 2.25. The maximum atomic E-state index is 12.1. The Kier molecular flexibility index (Phi) is 7.41. The molecule has 136 valence electrons. The maximum Gasteiger partial charge on any atom is 0.343 e. The van der Waals surface area contributed by atoms with Crippen LogP contribution in [0.2, 0.25) is 0 Å². The molecule has 4 atom stereocenters. The van der Waals surface area contributed by atoms with Gasteiger partial charge in [0.1, 0.15) is 18.8 Å². The molecule has 9 heteroatoms. The molecule has 0 radical (unpaired) electrons. The summed E-state index contributed by atoms with van der Waals surface area (Å²) in [6.07, 6.45) is -2.32. The Bertz CT molecular complexity index is 462. The number of halogens is 1. The Labute approximate surface area is 153 Å². The minimum atomic E-state index is -0.650. The summed E-state index contributed by atoms with van der Waals surface area (Å²) in [5.41, 5.74) is 0. The monoisotopic (exact) mass is 456 g/mol. The van der Waals surface area contributed by atoms with Gasteiger partial charge in [-0.15, -0.1) is 0 Å². The average Bonchev–Trinajstić information content (AvgIpc) is 3.13. The van der Waals surface area contributed by atoms with Gasteiger partial charge >= 0.3 is 11.9 Å². The molecule has 2 aliphatic heterocycles. The summed E-state index contributed by atoms with van der Waals surface area (Å²) in [4.78, 5) is 23.3. The molecule has 8 nitrogen and oxygen atoms in total. The summed E-state index contributed by atoms with van der Waals surface area (Å²) in [5.74, 6) is -1.07. The van der Waals surface area contributed by atoms with E-state index in [-0.39, 0.29) is 29.2 Å². The minimum Gasteiger partial charge on any atom is -0.461 e. The molecule has 0 spiro atoms. The van der Waals surface area contributed by atoms with Gasteiger partial charge in [0, 0.05) is 0 Å². The molecule has 0 aliphatic carbocycles. The van der Waals surface area contributed by atoms with Gasteiger partial charge in [0.25, 0.3) is 0 Å². The Balaban J connectivity index is 1.86. The molecule has 0 aromatic heterocycles. The minimum absolute atomic E-state index is 0.0710. The molecule has 4 unspecified atom stereocenters. The van der Waals surface area contributed by atoms with Crippen LogP contribution in [-0.4, -0.2) is 62.7 Å². The summed E-state index contributed by atoms with van der Waals surface area (Å²) < 4.78 is 32.6. The lowest BCUT2D eigenvalue weighted by Gasteiger charge is -2.26. The van der Waals surface area contributed by atoms with E-state index in [9.17, 15) is 9.59 Å². The second-order valence-corrected chi connectivity index (χ2v) is 6.70. The molecule has 0 amide bonds. The van der Waals surface area contributed by atoms with Gasteiger partial charge in [-0.2, -0.15) is 0 Å². The molecule has 2 aliphatic rings. The van der Waals surface area contributed by atoms with Crippen molar-refractivity contribution in [2.45, 2.75) is 51.2 Å². The molecule has 2 heterocycles. The number of hydrogen-bond acceptors (Lipinski definition) is 8. The molecule has 2 rings (SSSR count). The Hall–Kier alpha value is -0.750. The molecule has 0 N–H and O–H groups in total. The SMILES string of the molecule is C=C(I)C(=O)OCCC(=O)OC(C1COC(C)O1)C1COC(C)O1. The topological polar surface area (TPSA) is 89.5 Å². The van der Waals surface area contributed by atoms with E-state index in [1.807, 2.05) is 0 Å². The first-order chi connectivity index (χ1) is 11.4. The standard InChI is InChI=1S/C15H21IO8/c1-8(16)15(18)19-5-4-13(17)24-14(11-6-20-9(2)22-11)12-7-21-10(3)23-12/h9-12,14H,1,4-7H2,2-3H3. The largest absolute Gasteiger partial charge is 0.461 e. The highest BCUT2D eigenvalue weighted by atomic mass is 127. The Morgan fingerprint density at radius 3 is 2.12 bits per heavy atom. The zero-order valence-electron chi connectivity index (χ0n) is 13.6. The van der Waals surface area contributed by atoms with Gasteiger partial charge in [-0.25, -0.2) is 4.79 Å². The van der Waals surface area contributed by atoms with Crippen LogP contribution in [0, 0.1) is 0 Å². The van der Waals surface area contributed by atoms with Crippen molar-refractivity contribution in [3.63, 3.8) is 0 Å². The third-order valence-electron chi connectivity index (χ3n) is 3.48. The van der Waals surface area contributed by atoms with Crippen LogP contribution in [0.5, 0.6) is 0 Å². The second kappa shape index (κ2) is 9.09. The van der Waals surface area contributed by atoms with Gasteiger partial charge in [-0.1, -0.05) is 6.58 Å². The van der Waals surface area contributed by atoms with Crippen LogP contribution >= 0.6 is 22.6 Å². The highest BCUT2D eigenvalue weighted by molar-refractivity contribution is 14.1. The first-order valence-corrected chi connectivity index (χ1v) is 8.70. The van der Waals surface area contributed by atoms with Crippen molar-refractivity contribution < 1.29 is 38.0 Å². The fourth-order valence-corrected chi connectivity index (χ4v) is 2.52. The molecule has 2 fully saturated rings. The number of carbonyl (C=O) groups excluding carboxylic acids is 2. The molecule has 24 heavy (non-hydrogen) atoms. The summed E-state index contributed by atoms with van der Waals surface area (Å²) in [6, 6.07) is 0. The average molecular weight is 456 g/mol. The summed E-state index contributed by atoms with van der Waals surface area (Å²) in [7, 11) is 0. The van der Waals surface area contributed by atoms with E-state index in [1.165, 1.54) is 0 Å². The maximum absolute atomic E-state index is 12.1. The van der Waals surface area contributed by atoms with Crippen molar-refractivity contribution in [3.8, 4) is 0 Å². The van der Waals surface area contributed by atoms with Crippen molar-refractivity contribution in [1.82, 2.24) is 0 Å². The van der Waals surface area contributed by atoms with E-state index in [1.54, 1.807) is 36.4 Å². The van der Waals surface area contributed by atoms with Crippen LogP contribution in [0.4, 0.5) is 0 Å². The first kappa shape index (κ1) is 19.6. The van der Waals surface area contributed by atoms with E-state index < -0.39 is 30.3 Å². The third-order valence-corrected chi connectivity index (χ3v) is 3.92. The quantitative estimate of drug-likeness (QED) is 0.322. The van der Waals surface area contributed by atoms with E-state index in [2.05, 4.69) is 6.58 Å². The smallest absolute Gasteiger partial charge is 0.343 e. The number of carbonyl (C=O) groups is 2. The van der Waals surface area contributed by atoms with E-state index in [0.717, 1.165) is 0 Å². The zero-order valence-corrected chi connectivity index (χ0v) is 15.7. The highest BCUT2D eigenvalue weighted by Gasteiger charge is 2.42. The first-order valence-electron chi connectivity index (χ1n) is 7.62. The van der Waals surface area contributed by atoms with E-state index in [4.69, 9.17) is 28.4 Å². The Morgan fingerprint density at radius 2 is 1.71 bits per heavy atom. The van der Waals surface area contributed by atoms with Crippen LogP contribution in [0.3, 0.4) is 0 Å². The normalized spacial score (nSPS) is 30.8. The van der Waals surface area contributed by atoms with Crippen molar-refractivity contribution in [2.75, 3.05) is 19.8 Å². The van der Waals surface area contributed by atoms with Gasteiger partial charge in [0.2, 0.25) is 0 Å². The predicted octanol–water partition coefficient (Wildman–Crippen LogP) is 1.30. The van der Waals surface area contributed by atoms with Crippen LogP contribution in [0.1, 0.15) is 20.3 Å². The number of hydrogen-bond donors (Lipinski definition) is 0. The molecular formula is C15H21IO8. The van der Waals surface area contributed by atoms with Gasteiger partial charge in [0.15, 0.2) is 18.7 Å². The van der Waals surface area contributed by atoms with Crippen molar-refractivity contribution >= 4 is 34.5 Å². The van der Waals surface area contributed by atoms with Crippen LogP contribution in [0.15, 0.2) is 10.2 Å². The summed E-state index contributed by atoms with van der Waals surface area (Å²) in [5, 5.41) is 0. The van der Waals surface area contributed by atoms with Gasteiger partial charge in [0.05, 0.1) is 23.2 Å². The number of ether oxygens (including phenoxy) is 6. The van der Waals surface area contributed by atoms with Gasteiger partial charge in [-0.05, 0) is 36.4 Å². The number of rotatable bonds is 7. The zero-order chi connectivity index (χ0) is 17.7. The summed E-state index contributed by atoms with van der Waals surface area (Å²) >= 11 is 1.75. The van der Waals surface area contributed by atoms with E-state index in [0.29, 0.717) is 13.2 Å². The lowest BCUT2D eigenvalue weighted by atomic mass is 10.1. The number of esters is 2. The van der Waals surface area contributed by atoms with Crippen LogP contribution in [-0.2, 0) is 38.0 Å². The molecule has 0 saturated carbocycles. The lowest BCUT2D eigenvalue weighted by molar-refractivity contribution is -0.172. The molecule has 2 saturated heterocycles. The van der Waals surface area contributed by atoms with Crippen LogP contribution in [0.25, 0.3) is 0 Å². The fourth-order valence-electron chi connectivity index (χ4n) is 2.36. The Morgan fingerprint density at radius 1 is 1.17 bits per heavy atom. The van der Waals surface area contributed by atoms with Crippen LogP contribution < -0.4 is 0 Å². The molecule has 0 bridgehead atoms.